The zero-order valence-electron chi connectivity index (χ0n) is 10.4. The quantitative estimate of drug-likeness (QED) is 0.778. The van der Waals surface area contributed by atoms with Gasteiger partial charge in [-0.15, -0.1) is 0 Å². The highest BCUT2D eigenvalue weighted by molar-refractivity contribution is 6.06. The van der Waals surface area contributed by atoms with Gasteiger partial charge in [0.15, 0.2) is 6.04 Å². The van der Waals surface area contributed by atoms with Crippen LogP contribution >= 0.6 is 0 Å². The van der Waals surface area contributed by atoms with Crippen LogP contribution in [0.3, 0.4) is 0 Å². The molecule has 1 aromatic carbocycles. The molecule has 1 N–H and O–H groups in total. The Balaban J connectivity index is 2.15. The second-order valence-electron chi connectivity index (χ2n) is 4.48. The second-order valence-corrected chi connectivity index (χ2v) is 4.48. The number of esters is 1. The fourth-order valence-electron chi connectivity index (χ4n) is 2.53. The molecule has 18 heavy (non-hydrogen) atoms. The third kappa shape index (κ3) is 1.53. The molecule has 2 heterocycles. The summed E-state index contributed by atoms with van der Waals surface area (Å²) in [6.45, 7) is 1.92. The van der Waals surface area contributed by atoms with E-state index in [9.17, 15) is 4.79 Å². The number of hydrogen-bond acceptors (Lipinski definition) is 3. The molecule has 92 valence electrons. The molecule has 0 aliphatic carbocycles. The third-order valence-electron chi connectivity index (χ3n) is 3.40. The first-order valence-electron chi connectivity index (χ1n) is 5.93. The zero-order chi connectivity index (χ0) is 12.7. The van der Waals surface area contributed by atoms with E-state index in [1.165, 1.54) is 7.11 Å². The highest BCUT2D eigenvalue weighted by Crippen LogP contribution is 2.28. The van der Waals surface area contributed by atoms with Gasteiger partial charge in [-0.05, 0) is 18.6 Å². The standard InChI is InChI=1S/C14H14N2O2/c1-8-13-10(7-12(15-8)14(17)18-2)9-5-3-4-6-11(9)16-13/h3-6,12,16H,7H2,1-2H3/t12-/m1/s1. The number of ether oxygens (including phenoxy) is 1. The van der Waals surface area contributed by atoms with Crippen molar-refractivity contribution in [2.45, 2.75) is 19.4 Å². The van der Waals surface area contributed by atoms with Crippen molar-refractivity contribution >= 4 is 22.6 Å². The van der Waals surface area contributed by atoms with Crippen LogP contribution < -0.4 is 0 Å². The van der Waals surface area contributed by atoms with Crippen molar-refractivity contribution in [2.75, 3.05) is 7.11 Å². The Labute approximate surface area is 105 Å². The average Bonchev–Trinajstić information content (AvgIpc) is 2.77. The van der Waals surface area contributed by atoms with E-state index >= 15 is 0 Å². The number of methoxy groups -OCH3 is 1. The first-order valence-corrected chi connectivity index (χ1v) is 5.93. The fourth-order valence-corrected chi connectivity index (χ4v) is 2.53. The Hall–Kier alpha value is -2.10. The maximum Gasteiger partial charge on any atom is 0.330 e. The Morgan fingerprint density at radius 2 is 2.22 bits per heavy atom. The topological polar surface area (TPSA) is 54.5 Å². The van der Waals surface area contributed by atoms with Crippen LogP contribution in [0.2, 0.25) is 0 Å². The summed E-state index contributed by atoms with van der Waals surface area (Å²) in [6.07, 6.45) is 0.601. The van der Waals surface area contributed by atoms with Crippen LogP contribution in [-0.2, 0) is 16.0 Å². The highest BCUT2D eigenvalue weighted by atomic mass is 16.5. The minimum Gasteiger partial charge on any atom is -0.467 e. The minimum absolute atomic E-state index is 0.273. The smallest absolute Gasteiger partial charge is 0.330 e. The second kappa shape index (κ2) is 3.98. The summed E-state index contributed by atoms with van der Waals surface area (Å²) in [4.78, 5) is 19.4. The van der Waals surface area contributed by atoms with Crippen molar-refractivity contribution < 1.29 is 9.53 Å². The molecular weight excluding hydrogens is 228 g/mol. The summed E-state index contributed by atoms with van der Waals surface area (Å²) in [5.41, 5.74) is 4.15. The Morgan fingerprint density at radius 3 is 3.00 bits per heavy atom. The van der Waals surface area contributed by atoms with Gasteiger partial charge in [-0.2, -0.15) is 0 Å². The first-order chi connectivity index (χ1) is 8.70. The number of nitrogens with zero attached hydrogens (tertiary/aromatic N) is 1. The molecule has 1 aliphatic heterocycles. The SMILES string of the molecule is COC(=O)[C@H]1Cc2c([nH]c3ccccc23)C(C)=N1. The van der Waals surface area contributed by atoms with E-state index in [-0.39, 0.29) is 5.97 Å². The summed E-state index contributed by atoms with van der Waals surface area (Å²) in [5.74, 6) is -0.273. The number of benzene rings is 1. The Kier molecular flexibility index (Phi) is 2.44. The molecule has 0 bridgehead atoms. The molecule has 2 aromatic rings. The number of hydrogen-bond donors (Lipinski definition) is 1. The molecule has 0 saturated carbocycles. The number of carbonyl (C=O) groups excluding carboxylic acids is 1. The summed E-state index contributed by atoms with van der Waals surface area (Å²) >= 11 is 0. The molecule has 0 saturated heterocycles. The molecule has 1 aliphatic rings. The normalized spacial score (nSPS) is 18.3. The van der Waals surface area contributed by atoms with Gasteiger partial charge >= 0.3 is 5.97 Å². The van der Waals surface area contributed by atoms with E-state index in [0.717, 1.165) is 27.9 Å². The number of para-hydroxylation sites is 1. The van der Waals surface area contributed by atoms with Crippen molar-refractivity contribution in [3.8, 4) is 0 Å². The van der Waals surface area contributed by atoms with Gasteiger partial charge in [0.1, 0.15) is 0 Å². The van der Waals surface area contributed by atoms with E-state index in [2.05, 4.69) is 16.0 Å². The van der Waals surface area contributed by atoms with E-state index < -0.39 is 6.04 Å². The molecule has 1 aromatic heterocycles. The summed E-state index contributed by atoms with van der Waals surface area (Å²) in [5, 5.41) is 1.16. The maximum absolute atomic E-state index is 11.6. The van der Waals surface area contributed by atoms with Crippen molar-refractivity contribution in [3.63, 3.8) is 0 Å². The van der Waals surface area contributed by atoms with Gasteiger partial charge in [-0.25, -0.2) is 4.79 Å². The molecule has 3 rings (SSSR count). The number of H-pyrrole nitrogens is 1. The van der Waals surface area contributed by atoms with Gasteiger partial charge in [0.25, 0.3) is 0 Å². The van der Waals surface area contributed by atoms with Crippen LogP contribution in [0.25, 0.3) is 10.9 Å². The van der Waals surface area contributed by atoms with Crippen LogP contribution in [0.5, 0.6) is 0 Å². The monoisotopic (exact) mass is 242 g/mol. The molecule has 0 spiro atoms. The Bertz CT molecular complexity index is 655. The van der Waals surface area contributed by atoms with E-state index in [1.54, 1.807) is 0 Å². The van der Waals surface area contributed by atoms with E-state index in [1.807, 2.05) is 25.1 Å². The number of carbonyl (C=O) groups is 1. The molecule has 0 radical (unpaired) electrons. The molecule has 1 atom stereocenters. The van der Waals surface area contributed by atoms with Gasteiger partial charge < -0.3 is 9.72 Å². The minimum atomic E-state index is -0.415. The number of aromatic nitrogens is 1. The van der Waals surface area contributed by atoms with Crippen LogP contribution in [0.1, 0.15) is 18.2 Å². The maximum atomic E-state index is 11.6. The first kappa shape index (κ1) is 11.0. The molecular formula is C14H14N2O2. The van der Waals surface area contributed by atoms with E-state index in [4.69, 9.17) is 4.74 Å². The number of rotatable bonds is 1. The van der Waals surface area contributed by atoms with Crippen molar-refractivity contribution in [1.82, 2.24) is 4.98 Å². The molecule has 4 nitrogen and oxygen atoms in total. The van der Waals surface area contributed by atoms with Gasteiger partial charge in [0.2, 0.25) is 0 Å². The lowest BCUT2D eigenvalue weighted by Gasteiger charge is -2.17. The van der Waals surface area contributed by atoms with Crippen LogP contribution in [0, 0.1) is 0 Å². The lowest BCUT2D eigenvalue weighted by atomic mass is 9.98. The molecule has 4 heteroatoms. The van der Waals surface area contributed by atoms with Gasteiger partial charge in [0, 0.05) is 17.3 Å². The van der Waals surface area contributed by atoms with Crippen LogP contribution in [-0.4, -0.2) is 29.8 Å². The molecule has 0 amide bonds. The lowest BCUT2D eigenvalue weighted by molar-refractivity contribution is -0.142. The summed E-state index contributed by atoms with van der Waals surface area (Å²) < 4.78 is 4.79. The van der Waals surface area contributed by atoms with Crippen LogP contribution in [0.4, 0.5) is 0 Å². The van der Waals surface area contributed by atoms with Gasteiger partial charge in [-0.1, -0.05) is 18.2 Å². The van der Waals surface area contributed by atoms with Gasteiger partial charge in [-0.3, -0.25) is 4.99 Å². The zero-order valence-corrected chi connectivity index (χ0v) is 10.4. The average molecular weight is 242 g/mol. The molecule has 0 unspecified atom stereocenters. The highest BCUT2D eigenvalue weighted by Gasteiger charge is 2.27. The van der Waals surface area contributed by atoms with Gasteiger partial charge in [0.05, 0.1) is 18.5 Å². The summed E-state index contributed by atoms with van der Waals surface area (Å²) in [6, 6.07) is 7.69. The lowest BCUT2D eigenvalue weighted by Crippen LogP contribution is -2.28. The largest absolute Gasteiger partial charge is 0.467 e. The fraction of sp³-hybridized carbons (Fsp3) is 0.286. The van der Waals surface area contributed by atoms with Crippen LogP contribution in [0.15, 0.2) is 29.3 Å². The number of aromatic amines is 1. The number of nitrogens with one attached hydrogen (secondary N) is 1. The summed E-state index contributed by atoms with van der Waals surface area (Å²) in [7, 11) is 1.40. The Morgan fingerprint density at radius 1 is 1.44 bits per heavy atom. The predicted molar refractivity (Wildman–Crippen MR) is 70.0 cm³/mol. The predicted octanol–water partition coefficient (Wildman–Crippen LogP) is 2.07. The van der Waals surface area contributed by atoms with Crippen molar-refractivity contribution in [2.24, 2.45) is 4.99 Å². The number of fused-ring (bicyclic) bond motifs is 3. The van der Waals surface area contributed by atoms with E-state index in [0.29, 0.717) is 6.42 Å². The van der Waals surface area contributed by atoms with Crippen molar-refractivity contribution in [1.29, 1.82) is 0 Å². The van der Waals surface area contributed by atoms with Crippen molar-refractivity contribution in [3.05, 3.63) is 35.5 Å². The number of aliphatic imine (C=N–C) groups is 1. The third-order valence-corrected chi connectivity index (χ3v) is 3.40. The molecule has 0 fully saturated rings.